The molecule has 1 saturated carbocycles. The van der Waals surface area contributed by atoms with Crippen LogP contribution in [0, 0.1) is 0 Å². The summed E-state index contributed by atoms with van der Waals surface area (Å²) in [7, 11) is 0. The zero-order valence-electron chi connectivity index (χ0n) is 12.7. The number of nitrogen functional groups attached to an aromatic ring is 1. The fraction of sp³-hybridized carbons (Fsp3) is 0.733. The summed E-state index contributed by atoms with van der Waals surface area (Å²) in [5, 5.41) is 6.84. The van der Waals surface area contributed by atoms with E-state index in [9.17, 15) is 0 Å². The summed E-state index contributed by atoms with van der Waals surface area (Å²) in [5.41, 5.74) is 6.83. The van der Waals surface area contributed by atoms with Gasteiger partial charge in [-0.3, -0.25) is 0 Å². The van der Waals surface area contributed by atoms with Crippen LogP contribution >= 0.6 is 0 Å². The number of hydrogen-bond acceptors (Lipinski definition) is 5. The lowest BCUT2D eigenvalue weighted by molar-refractivity contribution is 0.618. The molecule has 5 nitrogen and oxygen atoms in total. The molecule has 1 unspecified atom stereocenters. The van der Waals surface area contributed by atoms with Gasteiger partial charge >= 0.3 is 0 Å². The molecular formula is C15H27N5. The molecule has 1 aromatic heterocycles. The molecule has 1 aliphatic carbocycles. The predicted molar refractivity (Wildman–Crippen MR) is 84.9 cm³/mol. The Kier molecular flexibility index (Phi) is 5.44. The molecule has 0 aliphatic heterocycles. The van der Waals surface area contributed by atoms with Gasteiger partial charge in [-0.25, -0.2) is 9.97 Å². The van der Waals surface area contributed by atoms with E-state index in [1.54, 1.807) is 6.33 Å². The molecule has 112 valence electrons. The second-order valence-corrected chi connectivity index (χ2v) is 5.77. The fourth-order valence-corrected chi connectivity index (χ4v) is 2.58. The third-order valence-electron chi connectivity index (χ3n) is 4.08. The van der Waals surface area contributed by atoms with Crippen LogP contribution in [0.25, 0.3) is 0 Å². The number of anilines is 3. The summed E-state index contributed by atoms with van der Waals surface area (Å²) in [6.07, 6.45) is 10.3. The highest BCUT2D eigenvalue weighted by molar-refractivity contribution is 5.74. The van der Waals surface area contributed by atoms with E-state index in [0.29, 0.717) is 17.8 Å². The number of nitrogens with two attached hydrogens (primary N) is 1. The Balaban J connectivity index is 2.05. The summed E-state index contributed by atoms with van der Waals surface area (Å²) < 4.78 is 0. The van der Waals surface area contributed by atoms with E-state index in [0.717, 1.165) is 18.1 Å². The molecular weight excluding hydrogens is 250 g/mol. The van der Waals surface area contributed by atoms with Gasteiger partial charge in [0.25, 0.3) is 0 Å². The van der Waals surface area contributed by atoms with Gasteiger partial charge in [0, 0.05) is 12.1 Å². The van der Waals surface area contributed by atoms with Gasteiger partial charge in [0.1, 0.15) is 12.0 Å². The summed E-state index contributed by atoms with van der Waals surface area (Å²) in [4.78, 5) is 8.56. The van der Waals surface area contributed by atoms with E-state index in [4.69, 9.17) is 5.73 Å². The zero-order valence-corrected chi connectivity index (χ0v) is 12.7. The van der Waals surface area contributed by atoms with Gasteiger partial charge in [-0.1, -0.05) is 32.6 Å². The standard InChI is InChI=1S/C15H27N5/c1-3-11(2)19-14-13(16)15(18-10-17-14)20-12-8-6-4-5-7-9-12/h10-12H,3-9,16H2,1-2H3,(H2,17,18,19,20). The van der Waals surface area contributed by atoms with Crippen molar-refractivity contribution in [1.82, 2.24) is 9.97 Å². The van der Waals surface area contributed by atoms with Gasteiger partial charge in [-0.05, 0) is 26.2 Å². The molecule has 0 aromatic carbocycles. The molecule has 1 aromatic rings. The maximum atomic E-state index is 6.19. The molecule has 4 N–H and O–H groups in total. The van der Waals surface area contributed by atoms with Crippen LogP contribution in [0.15, 0.2) is 6.33 Å². The van der Waals surface area contributed by atoms with Crippen molar-refractivity contribution in [2.75, 3.05) is 16.4 Å². The number of nitrogens with zero attached hydrogens (tertiary/aromatic N) is 2. The Morgan fingerprint density at radius 1 is 1.20 bits per heavy atom. The highest BCUT2D eigenvalue weighted by Gasteiger charge is 2.16. The van der Waals surface area contributed by atoms with Crippen LogP contribution < -0.4 is 16.4 Å². The van der Waals surface area contributed by atoms with Crippen LogP contribution in [-0.4, -0.2) is 22.1 Å². The quantitative estimate of drug-likeness (QED) is 0.719. The lowest BCUT2D eigenvalue weighted by Crippen LogP contribution is -2.22. The number of nitrogens with one attached hydrogen (secondary N) is 2. The Hall–Kier alpha value is -1.52. The van der Waals surface area contributed by atoms with Gasteiger partial charge in [0.05, 0.1) is 0 Å². The van der Waals surface area contributed by atoms with E-state index in [1.807, 2.05) is 0 Å². The number of aromatic nitrogens is 2. The number of hydrogen-bond donors (Lipinski definition) is 3. The van der Waals surface area contributed by atoms with E-state index < -0.39 is 0 Å². The first-order valence-electron chi connectivity index (χ1n) is 7.84. The van der Waals surface area contributed by atoms with Crippen LogP contribution in [0.1, 0.15) is 58.8 Å². The normalized spacial score (nSPS) is 18.3. The largest absolute Gasteiger partial charge is 0.393 e. The molecule has 0 amide bonds. The van der Waals surface area contributed by atoms with E-state index >= 15 is 0 Å². The van der Waals surface area contributed by atoms with Crippen molar-refractivity contribution in [3.8, 4) is 0 Å². The Morgan fingerprint density at radius 2 is 1.85 bits per heavy atom. The molecule has 1 atom stereocenters. The number of rotatable bonds is 5. The average Bonchev–Trinajstić information content (AvgIpc) is 2.71. The zero-order chi connectivity index (χ0) is 14.4. The topological polar surface area (TPSA) is 75.9 Å². The first-order chi connectivity index (χ1) is 9.70. The van der Waals surface area contributed by atoms with Crippen molar-refractivity contribution in [2.45, 2.75) is 70.9 Å². The second-order valence-electron chi connectivity index (χ2n) is 5.77. The van der Waals surface area contributed by atoms with Gasteiger partial charge in [0.2, 0.25) is 0 Å². The Morgan fingerprint density at radius 3 is 2.50 bits per heavy atom. The maximum Gasteiger partial charge on any atom is 0.155 e. The lowest BCUT2D eigenvalue weighted by Gasteiger charge is -2.20. The first-order valence-corrected chi connectivity index (χ1v) is 7.84. The minimum absolute atomic E-state index is 0.359. The Bertz CT molecular complexity index is 413. The SMILES string of the molecule is CCC(C)Nc1ncnc(NC2CCCCCC2)c1N. The van der Waals surface area contributed by atoms with Crippen LogP contribution in [0.2, 0.25) is 0 Å². The average molecular weight is 277 g/mol. The van der Waals surface area contributed by atoms with Crippen molar-refractivity contribution in [2.24, 2.45) is 0 Å². The van der Waals surface area contributed by atoms with Gasteiger partial charge in [-0.15, -0.1) is 0 Å². The van der Waals surface area contributed by atoms with E-state index in [2.05, 4.69) is 34.4 Å². The molecule has 1 aliphatic rings. The first kappa shape index (κ1) is 14.9. The fourth-order valence-electron chi connectivity index (χ4n) is 2.58. The molecule has 5 heteroatoms. The van der Waals surface area contributed by atoms with Crippen molar-refractivity contribution in [3.63, 3.8) is 0 Å². The lowest BCUT2D eigenvalue weighted by atomic mass is 10.1. The van der Waals surface area contributed by atoms with E-state index in [1.165, 1.54) is 38.5 Å². The highest BCUT2D eigenvalue weighted by Crippen LogP contribution is 2.27. The van der Waals surface area contributed by atoms with Gasteiger partial charge in [0.15, 0.2) is 11.6 Å². The molecule has 2 rings (SSSR count). The highest BCUT2D eigenvalue weighted by atomic mass is 15.1. The molecule has 0 radical (unpaired) electrons. The van der Waals surface area contributed by atoms with Crippen LogP contribution in [0.4, 0.5) is 17.3 Å². The van der Waals surface area contributed by atoms with Crippen LogP contribution in [-0.2, 0) is 0 Å². The summed E-state index contributed by atoms with van der Waals surface area (Å²) in [5.74, 6) is 1.52. The summed E-state index contributed by atoms with van der Waals surface area (Å²) >= 11 is 0. The van der Waals surface area contributed by atoms with Crippen molar-refractivity contribution >= 4 is 17.3 Å². The minimum atomic E-state index is 0.359. The molecule has 1 heterocycles. The third kappa shape index (κ3) is 3.99. The maximum absolute atomic E-state index is 6.19. The minimum Gasteiger partial charge on any atom is -0.393 e. The molecule has 0 spiro atoms. The smallest absolute Gasteiger partial charge is 0.155 e. The van der Waals surface area contributed by atoms with Crippen LogP contribution in [0.3, 0.4) is 0 Å². The van der Waals surface area contributed by atoms with Crippen molar-refractivity contribution < 1.29 is 0 Å². The van der Waals surface area contributed by atoms with Crippen molar-refractivity contribution in [3.05, 3.63) is 6.33 Å². The second kappa shape index (κ2) is 7.31. The van der Waals surface area contributed by atoms with E-state index in [-0.39, 0.29) is 0 Å². The summed E-state index contributed by atoms with van der Waals surface area (Å²) in [6, 6.07) is 0.851. The predicted octanol–water partition coefficient (Wildman–Crippen LogP) is 3.40. The molecule has 20 heavy (non-hydrogen) atoms. The Labute approximate surface area is 121 Å². The van der Waals surface area contributed by atoms with Crippen molar-refractivity contribution in [1.29, 1.82) is 0 Å². The third-order valence-corrected chi connectivity index (χ3v) is 4.08. The molecule has 0 saturated heterocycles. The monoisotopic (exact) mass is 277 g/mol. The van der Waals surface area contributed by atoms with Crippen LogP contribution in [0.5, 0.6) is 0 Å². The summed E-state index contributed by atoms with van der Waals surface area (Å²) in [6.45, 7) is 4.26. The van der Waals surface area contributed by atoms with Gasteiger partial charge in [-0.2, -0.15) is 0 Å². The molecule has 0 bridgehead atoms. The van der Waals surface area contributed by atoms with Gasteiger partial charge < -0.3 is 16.4 Å². The molecule has 1 fully saturated rings.